The zero-order chi connectivity index (χ0) is 28.9. The van der Waals surface area contributed by atoms with Gasteiger partial charge in [0.25, 0.3) is 0 Å². The first kappa shape index (κ1) is 37.9. The van der Waals surface area contributed by atoms with E-state index in [1.54, 1.807) is 70.6 Å². The van der Waals surface area contributed by atoms with Crippen molar-refractivity contribution in [3.05, 3.63) is 0 Å². The van der Waals surface area contributed by atoms with Crippen LogP contribution >= 0.6 is 70.6 Å². The van der Waals surface area contributed by atoms with Crippen molar-refractivity contribution in [2.24, 2.45) is 0 Å². The molecule has 1 fully saturated rings. The predicted octanol–water partition coefficient (Wildman–Crippen LogP) is 0.897. The van der Waals surface area contributed by atoms with Gasteiger partial charge in [0.05, 0.1) is 49.4 Å². The topological polar surface area (TPSA) is 135 Å². The van der Waals surface area contributed by atoms with Crippen molar-refractivity contribution >= 4 is 94.2 Å². The number of nitrogens with one attached hydrogen (secondary N) is 4. The van der Waals surface area contributed by atoms with E-state index in [4.69, 9.17) is 9.47 Å². The lowest BCUT2D eigenvalue weighted by molar-refractivity contribution is -0.119. The monoisotopic (exact) mass is 676 g/mol. The van der Waals surface area contributed by atoms with E-state index in [1.807, 2.05) is 0 Å². The van der Waals surface area contributed by atoms with Crippen LogP contribution in [-0.4, -0.2) is 145 Å². The summed E-state index contributed by atoms with van der Waals surface area (Å²) in [6, 6.07) is 0. The lowest BCUT2D eigenvalue weighted by Gasteiger charge is -2.08. The zero-order valence-corrected chi connectivity index (χ0v) is 27.9. The van der Waals surface area contributed by atoms with Crippen LogP contribution in [0, 0.1) is 0 Å². The van der Waals surface area contributed by atoms with Gasteiger partial charge < -0.3 is 30.7 Å². The van der Waals surface area contributed by atoms with Gasteiger partial charge in [0.1, 0.15) is 0 Å². The molecule has 40 heavy (non-hydrogen) atoms. The smallest absolute Gasteiger partial charge is 0.230 e. The molecule has 0 radical (unpaired) electrons. The average molecular weight is 677 g/mol. The molecule has 0 aromatic rings. The number of hydrogen-bond donors (Lipinski definition) is 4. The number of hydrogen-bond acceptors (Lipinski definition) is 12. The molecule has 0 aliphatic carbocycles. The van der Waals surface area contributed by atoms with Gasteiger partial charge in [-0.1, -0.05) is 0 Å². The summed E-state index contributed by atoms with van der Waals surface area (Å²) in [5, 5.41) is 11.6. The molecule has 1 heterocycles. The van der Waals surface area contributed by atoms with Crippen molar-refractivity contribution in [2.45, 2.75) is 0 Å². The van der Waals surface area contributed by atoms with Crippen LogP contribution in [0.2, 0.25) is 0 Å². The second-order valence-electron chi connectivity index (χ2n) is 8.06. The highest BCUT2D eigenvalue weighted by atomic mass is 32.2. The quantitative estimate of drug-likeness (QED) is 0.291. The minimum Gasteiger partial charge on any atom is -0.380 e. The Kier molecular flexibility index (Phi) is 27.5. The Morgan fingerprint density at radius 1 is 0.375 bits per heavy atom. The highest BCUT2D eigenvalue weighted by molar-refractivity contribution is 8.00. The summed E-state index contributed by atoms with van der Waals surface area (Å²) in [6.07, 6.45) is 0. The fourth-order valence-corrected chi connectivity index (χ4v) is 6.86. The lowest BCUT2D eigenvalue weighted by atomic mass is 10.6. The van der Waals surface area contributed by atoms with Crippen LogP contribution in [0.3, 0.4) is 0 Å². The van der Waals surface area contributed by atoms with Crippen molar-refractivity contribution in [3.8, 4) is 0 Å². The minimum absolute atomic E-state index is 0.0219. The molecule has 0 bridgehead atoms. The molecule has 1 aliphatic rings. The maximum absolute atomic E-state index is 11.9. The Labute approximate surface area is 264 Å². The highest BCUT2D eigenvalue weighted by Gasteiger charge is 2.05. The fraction of sp³-hybridized carbons (Fsp3) is 0.833. The molecule has 1 saturated heterocycles. The first-order chi connectivity index (χ1) is 19.6. The molecule has 0 aromatic carbocycles. The summed E-state index contributed by atoms with van der Waals surface area (Å²) < 4.78 is 11.2. The molecule has 10 nitrogen and oxygen atoms in total. The Bertz CT molecular complexity index is 590. The minimum atomic E-state index is 0.0219. The standard InChI is InChI=1S/C24H44N4O6S6/c29-21-17-37-13-5-33-6-14-39-19-23(31)27-3-11-36-12-4-28-24(32)20-40-16-8-34-7-15-38-18-22(30)26-2-10-35-9-1-25-21/h1-20H2,(H,25,29)(H,26,30)(H,27,31)(H,28,32). The van der Waals surface area contributed by atoms with E-state index in [9.17, 15) is 19.2 Å². The molecular formula is C24H44N4O6S6. The van der Waals surface area contributed by atoms with Gasteiger partial charge in [-0.05, 0) is 0 Å². The second-order valence-corrected chi connectivity index (χ2v) is 14.9. The summed E-state index contributed by atoms with van der Waals surface area (Å²) >= 11 is 9.56. The molecule has 0 spiro atoms. The summed E-state index contributed by atoms with van der Waals surface area (Å²) in [7, 11) is 0. The summed E-state index contributed by atoms with van der Waals surface area (Å²) in [4.78, 5) is 47.6. The van der Waals surface area contributed by atoms with Crippen LogP contribution < -0.4 is 21.3 Å². The third kappa shape index (κ3) is 26.8. The second kappa shape index (κ2) is 29.0. The third-order valence-electron chi connectivity index (χ3n) is 4.69. The molecule has 16 heteroatoms. The average Bonchev–Trinajstić information content (AvgIpc) is 2.93. The van der Waals surface area contributed by atoms with Crippen LogP contribution in [0.4, 0.5) is 0 Å². The van der Waals surface area contributed by atoms with Gasteiger partial charge >= 0.3 is 0 Å². The summed E-state index contributed by atoms with van der Waals surface area (Å²) in [6.45, 7) is 4.76. The van der Waals surface area contributed by atoms with Crippen molar-refractivity contribution < 1.29 is 28.7 Å². The summed E-state index contributed by atoms with van der Waals surface area (Å²) in [5.74, 6) is 7.94. The third-order valence-corrected chi connectivity index (χ3v) is 10.4. The van der Waals surface area contributed by atoms with Crippen LogP contribution in [0.5, 0.6) is 0 Å². The number of thioether (sulfide) groups is 6. The zero-order valence-electron chi connectivity index (χ0n) is 23.0. The van der Waals surface area contributed by atoms with Gasteiger partial charge in [0, 0.05) is 72.2 Å². The first-order valence-corrected chi connectivity index (χ1v) is 20.2. The normalized spacial score (nSPS) is 22.2. The van der Waals surface area contributed by atoms with Crippen molar-refractivity contribution in [2.75, 3.05) is 122 Å². The van der Waals surface area contributed by atoms with E-state index >= 15 is 0 Å². The SMILES string of the molecule is O=C1CSCCOCCSCC(=O)NCCSCCNC(=O)CSCCOCCSCC(=O)NCCSCCN1. The van der Waals surface area contributed by atoms with Gasteiger partial charge in [-0.25, -0.2) is 0 Å². The number of rotatable bonds is 0. The number of ether oxygens (including phenoxy) is 2. The Hall–Kier alpha value is -0.100. The molecule has 0 unspecified atom stereocenters. The maximum atomic E-state index is 11.9. The fourth-order valence-electron chi connectivity index (χ4n) is 2.79. The maximum Gasteiger partial charge on any atom is 0.230 e. The van der Waals surface area contributed by atoms with Crippen LogP contribution in [0.25, 0.3) is 0 Å². The van der Waals surface area contributed by atoms with Crippen molar-refractivity contribution in [1.29, 1.82) is 0 Å². The molecule has 0 aromatic heterocycles. The van der Waals surface area contributed by atoms with Crippen LogP contribution in [-0.2, 0) is 28.7 Å². The molecule has 4 amide bonds. The highest BCUT2D eigenvalue weighted by Crippen LogP contribution is 2.04. The Balaban J connectivity index is 2.20. The molecular weight excluding hydrogens is 633 g/mol. The molecule has 0 saturated carbocycles. The summed E-state index contributed by atoms with van der Waals surface area (Å²) in [5.41, 5.74) is 0. The predicted molar refractivity (Wildman–Crippen MR) is 178 cm³/mol. The Morgan fingerprint density at radius 3 is 0.875 bits per heavy atom. The lowest BCUT2D eigenvalue weighted by Crippen LogP contribution is -2.29. The van der Waals surface area contributed by atoms with Crippen LogP contribution in [0.1, 0.15) is 0 Å². The van der Waals surface area contributed by atoms with Crippen molar-refractivity contribution in [1.82, 2.24) is 21.3 Å². The molecule has 1 rings (SSSR count). The molecule has 1 aliphatic heterocycles. The van der Waals surface area contributed by atoms with E-state index in [-0.39, 0.29) is 23.6 Å². The van der Waals surface area contributed by atoms with E-state index in [0.29, 0.717) is 75.6 Å². The molecule has 232 valence electrons. The van der Waals surface area contributed by atoms with Gasteiger partial charge in [0.15, 0.2) is 0 Å². The Morgan fingerprint density at radius 2 is 0.625 bits per heavy atom. The van der Waals surface area contributed by atoms with Gasteiger partial charge in [0.2, 0.25) is 23.6 Å². The van der Waals surface area contributed by atoms with Gasteiger partial charge in [-0.2, -0.15) is 23.5 Å². The molecule has 4 N–H and O–H groups in total. The van der Waals surface area contributed by atoms with E-state index in [0.717, 1.165) is 46.0 Å². The first-order valence-electron chi connectivity index (χ1n) is 13.3. The van der Waals surface area contributed by atoms with E-state index < -0.39 is 0 Å². The van der Waals surface area contributed by atoms with Crippen molar-refractivity contribution in [3.63, 3.8) is 0 Å². The largest absolute Gasteiger partial charge is 0.380 e. The van der Waals surface area contributed by atoms with Gasteiger partial charge in [-0.15, -0.1) is 47.0 Å². The van der Waals surface area contributed by atoms with E-state index in [1.165, 1.54) is 0 Å². The van der Waals surface area contributed by atoms with Crippen LogP contribution in [0.15, 0.2) is 0 Å². The number of carbonyl (C=O) groups excluding carboxylic acids is 4. The van der Waals surface area contributed by atoms with Gasteiger partial charge in [-0.3, -0.25) is 19.2 Å². The number of carbonyl (C=O) groups is 4. The van der Waals surface area contributed by atoms with E-state index in [2.05, 4.69) is 21.3 Å². The molecule has 0 atom stereocenters. The number of amides is 4.